The maximum Gasteiger partial charge on any atom is 0.321 e. The van der Waals surface area contributed by atoms with Crippen LogP contribution in [0.4, 0.5) is 5.69 Å². The summed E-state index contributed by atoms with van der Waals surface area (Å²) in [6, 6.07) is 11.1. The number of anilines is 1. The van der Waals surface area contributed by atoms with Crippen LogP contribution in [0.1, 0.15) is 11.6 Å². The molecule has 0 aromatic heterocycles. The lowest BCUT2D eigenvalue weighted by Gasteiger charge is -2.22. The van der Waals surface area contributed by atoms with Crippen LogP contribution in [0.15, 0.2) is 53.0 Å². The van der Waals surface area contributed by atoms with E-state index in [1.807, 2.05) is 0 Å². The second kappa shape index (κ2) is 6.47. The van der Waals surface area contributed by atoms with Crippen molar-refractivity contribution in [1.29, 1.82) is 0 Å². The second-order valence-corrected chi connectivity index (χ2v) is 7.47. The van der Waals surface area contributed by atoms with Crippen LogP contribution in [0.2, 0.25) is 0 Å². The molecule has 3 N–H and O–H groups in total. The third-order valence-electron chi connectivity index (χ3n) is 5.10. The first-order chi connectivity index (χ1) is 12.9. The number of carbonyl (C=O) groups excluding carboxylic acids is 2. The highest BCUT2D eigenvalue weighted by molar-refractivity contribution is 9.10. The van der Waals surface area contributed by atoms with Gasteiger partial charge in [0.25, 0.3) is 0 Å². The van der Waals surface area contributed by atoms with Gasteiger partial charge in [-0.25, -0.2) is 4.90 Å². The van der Waals surface area contributed by atoms with Crippen LogP contribution in [0, 0.1) is 11.8 Å². The first kappa shape index (κ1) is 17.7. The lowest BCUT2D eigenvalue weighted by molar-refractivity contribution is -0.142. The minimum Gasteiger partial charge on any atom is -0.508 e. The fourth-order valence-corrected chi connectivity index (χ4v) is 4.18. The van der Waals surface area contributed by atoms with Crippen molar-refractivity contribution >= 4 is 39.4 Å². The van der Waals surface area contributed by atoms with Crippen LogP contribution in [0.5, 0.6) is 5.75 Å². The Morgan fingerprint density at radius 1 is 1.00 bits per heavy atom. The number of nitrogens with zero attached hydrogens (tertiary/aromatic N) is 1. The number of imide groups is 1. The van der Waals surface area contributed by atoms with Crippen LogP contribution in [0.25, 0.3) is 0 Å². The number of carboxylic acids is 1. The Kier molecular flexibility index (Phi) is 4.24. The Morgan fingerprint density at radius 2 is 1.63 bits per heavy atom. The third-order valence-corrected chi connectivity index (χ3v) is 5.63. The van der Waals surface area contributed by atoms with Gasteiger partial charge in [0, 0.05) is 16.1 Å². The minimum absolute atomic E-state index is 0.0536. The largest absolute Gasteiger partial charge is 0.508 e. The number of benzene rings is 2. The molecule has 27 heavy (non-hydrogen) atoms. The first-order valence-corrected chi connectivity index (χ1v) is 9.09. The number of phenols is 1. The van der Waals surface area contributed by atoms with Crippen LogP contribution >= 0.6 is 15.9 Å². The molecular formula is C19H15BrN2O5. The Balaban J connectivity index is 1.79. The van der Waals surface area contributed by atoms with Gasteiger partial charge in [-0.2, -0.15) is 0 Å². The average molecular weight is 431 g/mol. The minimum atomic E-state index is -1.21. The fraction of sp³-hybridized carbons (Fsp3) is 0.211. The number of halogens is 1. The highest BCUT2D eigenvalue weighted by Gasteiger charge is 2.61. The van der Waals surface area contributed by atoms with Gasteiger partial charge < -0.3 is 10.2 Å². The summed E-state index contributed by atoms with van der Waals surface area (Å²) < 4.78 is 0.794. The van der Waals surface area contributed by atoms with E-state index in [1.54, 1.807) is 42.5 Å². The molecule has 0 radical (unpaired) electrons. The molecule has 2 aromatic rings. The SMILES string of the molecule is O=C(O)[C@@H]1N[C@@H](c2ccccc2O)[C@@H]2C(=O)N(c3ccc(Br)cc3)C(=O)[C@@H]21. The summed E-state index contributed by atoms with van der Waals surface area (Å²) in [7, 11) is 0. The number of nitrogens with one attached hydrogen (secondary N) is 1. The Morgan fingerprint density at radius 3 is 2.26 bits per heavy atom. The van der Waals surface area contributed by atoms with Crippen LogP contribution in [-0.4, -0.2) is 34.0 Å². The smallest absolute Gasteiger partial charge is 0.321 e. The molecule has 138 valence electrons. The normalized spacial score (nSPS) is 27.1. The number of para-hydroxylation sites is 1. The quantitative estimate of drug-likeness (QED) is 0.643. The number of hydrogen-bond donors (Lipinski definition) is 3. The molecule has 2 fully saturated rings. The van der Waals surface area contributed by atoms with Crippen molar-refractivity contribution in [2.75, 3.05) is 4.90 Å². The average Bonchev–Trinajstić information content (AvgIpc) is 3.14. The molecule has 2 amide bonds. The molecule has 7 nitrogen and oxygen atoms in total. The first-order valence-electron chi connectivity index (χ1n) is 8.30. The lowest BCUT2D eigenvalue weighted by Crippen LogP contribution is -2.43. The van der Waals surface area contributed by atoms with Gasteiger partial charge in [0.15, 0.2) is 0 Å². The molecule has 2 aliphatic rings. The van der Waals surface area contributed by atoms with Crippen molar-refractivity contribution in [1.82, 2.24) is 5.32 Å². The van der Waals surface area contributed by atoms with E-state index in [2.05, 4.69) is 21.2 Å². The molecule has 0 unspecified atom stereocenters. The monoisotopic (exact) mass is 430 g/mol. The second-order valence-electron chi connectivity index (χ2n) is 6.56. The van der Waals surface area contributed by atoms with Gasteiger partial charge in [-0.3, -0.25) is 19.7 Å². The van der Waals surface area contributed by atoms with Crippen LogP contribution in [-0.2, 0) is 14.4 Å². The number of amides is 2. The number of carboxylic acid groups (broad SMARTS) is 1. The van der Waals surface area contributed by atoms with E-state index in [0.717, 1.165) is 9.37 Å². The van der Waals surface area contributed by atoms with Crippen LogP contribution < -0.4 is 10.2 Å². The fourth-order valence-electron chi connectivity index (χ4n) is 3.92. The summed E-state index contributed by atoms with van der Waals surface area (Å²) in [5, 5.41) is 22.6. The van der Waals surface area contributed by atoms with E-state index in [-0.39, 0.29) is 5.75 Å². The van der Waals surface area contributed by atoms with Crippen LogP contribution in [0.3, 0.4) is 0 Å². The summed E-state index contributed by atoms with van der Waals surface area (Å²) in [5.41, 5.74) is 0.790. The molecule has 4 rings (SSSR count). The summed E-state index contributed by atoms with van der Waals surface area (Å²) >= 11 is 3.31. The number of rotatable bonds is 3. The van der Waals surface area contributed by atoms with Crippen molar-refractivity contribution in [3.63, 3.8) is 0 Å². The summed E-state index contributed by atoms with van der Waals surface area (Å²) in [6.45, 7) is 0. The zero-order chi connectivity index (χ0) is 19.3. The number of hydrogen-bond acceptors (Lipinski definition) is 5. The van der Waals surface area contributed by atoms with Gasteiger partial charge in [-0.15, -0.1) is 0 Å². The van der Waals surface area contributed by atoms with Crippen molar-refractivity contribution in [3.8, 4) is 5.75 Å². The number of fused-ring (bicyclic) bond motifs is 1. The zero-order valence-electron chi connectivity index (χ0n) is 13.9. The molecule has 0 spiro atoms. The van der Waals surface area contributed by atoms with Gasteiger partial charge in [0.2, 0.25) is 11.8 Å². The molecule has 2 heterocycles. The Hall–Kier alpha value is -2.71. The van der Waals surface area contributed by atoms with Crippen molar-refractivity contribution in [2.24, 2.45) is 11.8 Å². The van der Waals surface area contributed by atoms with Crippen molar-refractivity contribution < 1.29 is 24.6 Å². The highest BCUT2D eigenvalue weighted by Crippen LogP contribution is 2.46. The molecule has 0 aliphatic carbocycles. The molecule has 0 bridgehead atoms. The van der Waals surface area contributed by atoms with Gasteiger partial charge in [0.1, 0.15) is 11.8 Å². The molecule has 2 saturated heterocycles. The summed E-state index contributed by atoms with van der Waals surface area (Å²) in [5.74, 6) is -4.23. The number of aromatic hydroxyl groups is 1. The van der Waals surface area contributed by atoms with E-state index < -0.39 is 41.7 Å². The number of aliphatic carboxylic acids is 1. The van der Waals surface area contributed by atoms with E-state index in [1.165, 1.54) is 6.07 Å². The van der Waals surface area contributed by atoms with E-state index in [0.29, 0.717) is 11.3 Å². The summed E-state index contributed by atoms with van der Waals surface area (Å²) in [6.07, 6.45) is 0. The standard InChI is InChI=1S/C19H15BrN2O5/c20-9-5-7-10(8-6-9)22-17(24)13-14(18(22)25)16(19(26)27)21-15(13)11-3-1-2-4-12(11)23/h1-8,13-16,21,23H,(H,26,27)/t13-,14+,15+,16-/m1/s1. The maximum atomic E-state index is 13.1. The summed E-state index contributed by atoms with van der Waals surface area (Å²) in [4.78, 5) is 38.9. The van der Waals surface area contributed by atoms with Gasteiger partial charge in [0.05, 0.1) is 17.5 Å². The van der Waals surface area contributed by atoms with Crippen molar-refractivity contribution in [3.05, 3.63) is 58.6 Å². The Labute approximate surface area is 162 Å². The predicted octanol–water partition coefficient (Wildman–Crippen LogP) is 2.06. The maximum absolute atomic E-state index is 13.1. The molecule has 4 atom stereocenters. The van der Waals surface area contributed by atoms with Gasteiger partial charge in [-0.1, -0.05) is 34.1 Å². The lowest BCUT2D eigenvalue weighted by atomic mass is 9.86. The molecule has 0 saturated carbocycles. The highest BCUT2D eigenvalue weighted by atomic mass is 79.9. The number of carbonyl (C=O) groups is 3. The van der Waals surface area contributed by atoms with Crippen molar-refractivity contribution in [2.45, 2.75) is 12.1 Å². The van der Waals surface area contributed by atoms with E-state index in [9.17, 15) is 24.6 Å². The molecular weight excluding hydrogens is 416 g/mol. The molecule has 2 aromatic carbocycles. The third kappa shape index (κ3) is 2.72. The topological polar surface area (TPSA) is 107 Å². The predicted molar refractivity (Wildman–Crippen MR) is 99.0 cm³/mol. The van der Waals surface area contributed by atoms with E-state index in [4.69, 9.17) is 0 Å². The van der Waals surface area contributed by atoms with E-state index >= 15 is 0 Å². The molecule has 2 aliphatic heterocycles. The van der Waals surface area contributed by atoms with Gasteiger partial charge >= 0.3 is 5.97 Å². The number of phenolic OH excluding ortho intramolecular Hbond substituents is 1. The zero-order valence-corrected chi connectivity index (χ0v) is 15.5. The molecule has 8 heteroatoms. The Bertz CT molecular complexity index is 945. The van der Waals surface area contributed by atoms with Gasteiger partial charge in [-0.05, 0) is 30.3 Å².